The minimum Gasteiger partial charge on any atom is -0.482 e. The first-order valence-corrected chi connectivity index (χ1v) is 8.63. The van der Waals surface area contributed by atoms with Gasteiger partial charge in [0.2, 0.25) is 0 Å². The molecule has 24 heavy (non-hydrogen) atoms. The van der Waals surface area contributed by atoms with E-state index in [2.05, 4.69) is 18.7 Å². The van der Waals surface area contributed by atoms with Gasteiger partial charge >= 0.3 is 0 Å². The van der Waals surface area contributed by atoms with Crippen molar-refractivity contribution in [2.75, 3.05) is 44.3 Å². The van der Waals surface area contributed by atoms with E-state index >= 15 is 0 Å². The summed E-state index contributed by atoms with van der Waals surface area (Å²) in [6, 6.07) is 4.31. The lowest BCUT2D eigenvalue weighted by atomic mass is 10.1. The highest BCUT2D eigenvalue weighted by Crippen LogP contribution is 2.33. The number of amides is 1. The third kappa shape index (κ3) is 3.87. The van der Waals surface area contributed by atoms with Crippen molar-refractivity contribution in [1.82, 2.24) is 4.90 Å². The average molecular weight is 336 g/mol. The maximum absolute atomic E-state index is 13.5. The van der Waals surface area contributed by atoms with Crippen LogP contribution in [0.5, 0.6) is 5.75 Å². The maximum Gasteiger partial charge on any atom is 0.265 e. The summed E-state index contributed by atoms with van der Waals surface area (Å²) in [5.74, 6) is 0.381. The fraction of sp³-hybridized carbons (Fsp3) is 0.611. The quantitative estimate of drug-likeness (QED) is 0.766. The van der Waals surface area contributed by atoms with Gasteiger partial charge in [-0.3, -0.25) is 9.69 Å². The van der Waals surface area contributed by atoms with Gasteiger partial charge < -0.3 is 14.4 Å². The van der Waals surface area contributed by atoms with Gasteiger partial charge in [0, 0.05) is 38.9 Å². The number of nitrogens with zero attached hydrogens (tertiary/aromatic N) is 2. The summed E-state index contributed by atoms with van der Waals surface area (Å²) in [7, 11) is 0. The van der Waals surface area contributed by atoms with Crippen molar-refractivity contribution in [3.8, 4) is 5.75 Å². The molecule has 0 aliphatic carbocycles. The molecule has 1 atom stereocenters. The lowest BCUT2D eigenvalue weighted by Gasteiger charge is -2.41. The van der Waals surface area contributed by atoms with E-state index in [1.807, 2.05) is 0 Å². The monoisotopic (exact) mass is 336 g/mol. The summed E-state index contributed by atoms with van der Waals surface area (Å²) in [5.41, 5.74) is 0.533. The van der Waals surface area contributed by atoms with E-state index in [0.717, 1.165) is 32.7 Å². The van der Waals surface area contributed by atoms with E-state index in [9.17, 15) is 9.18 Å². The van der Waals surface area contributed by atoms with Crippen LogP contribution in [0.2, 0.25) is 0 Å². The molecule has 0 saturated carbocycles. The van der Waals surface area contributed by atoms with Crippen LogP contribution in [0.1, 0.15) is 20.3 Å². The molecule has 132 valence electrons. The highest BCUT2D eigenvalue weighted by molar-refractivity contribution is 5.97. The van der Waals surface area contributed by atoms with Crippen LogP contribution in [0, 0.1) is 11.7 Å². The van der Waals surface area contributed by atoms with Gasteiger partial charge in [-0.05, 0) is 24.5 Å². The standard InChI is InChI=1S/C18H25FN2O3/c1-3-6-23-15-10-20(11-15)8-13(2)9-21-16-7-14(19)4-5-17(16)24-12-18(21)22/h4-5,7,13,15H,3,6,8-12H2,1-2H3. The fourth-order valence-corrected chi connectivity index (χ4v) is 3.25. The van der Waals surface area contributed by atoms with Gasteiger partial charge in [-0.25, -0.2) is 4.39 Å². The third-order valence-electron chi connectivity index (χ3n) is 4.41. The van der Waals surface area contributed by atoms with Crippen molar-refractivity contribution in [2.24, 2.45) is 5.92 Å². The molecule has 1 amide bonds. The van der Waals surface area contributed by atoms with Crippen LogP contribution in [0.15, 0.2) is 18.2 Å². The Bertz CT molecular complexity index is 590. The number of fused-ring (bicyclic) bond motifs is 1. The Hall–Kier alpha value is -1.66. The molecule has 1 saturated heterocycles. The minimum atomic E-state index is -0.358. The van der Waals surface area contributed by atoms with Crippen LogP contribution >= 0.6 is 0 Å². The van der Waals surface area contributed by atoms with Crippen LogP contribution < -0.4 is 9.64 Å². The van der Waals surface area contributed by atoms with Crippen molar-refractivity contribution in [1.29, 1.82) is 0 Å². The van der Waals surface area contributed by atoms with E-state index in [1.54, 1.807) is 11.0 Å². The van der Waals surface area contributed by atoms with Gasteiger partial charge in [-0.2, -0.15) is 0 Å². The van der Waals surface area contributed by atoms with Gasteiger partial charge in [0.05, 0.1) is 11.8 Å². The second-order valence-electron chi connectivity index (χ2n) is 6.72. The highest BCUT2D eigenvalue weighted by Gasteiger charge is 2.31. The van der Waals surface area contributed by atoms with E-state index in [1.165, 1.54) is 12.1 Å². The molecule has 0 bridgehead atoms. The van der Waals surface area contributed by atoms with Crippen LogP contribution in [-0.4, -0.2) is 56.3 Å². The number of ether oxygens (including phenoxy) is 2. The van der Waals surface area contributed by atoms with Crippen LogP contribution in [0.25, 0.3) is 0 Å². The molecule has 2 aliphatic heterocycles. The highest BCUT2D eigenvalue weighted by atomic mass is 19.1. The molecule has 0 N–H and O–H groups in total. The predicted molar refractivity (Wildman–Crippen MR) is 89.9 cm³/mol. The number of likely N-dealkylation sites (tertiary alicyclic amines) is 1. The first-order valence-electron chi connectivity index (χ1n) is 8.63. The number of hydrogen-bond acceptors (Lipinski definition) is 4. The number of hydrogen-bond donors (Lipinski definition) is 0. The number of benzene rings is 1. The molecule has 2 aliphatic rings. The Morgan fingerprint density at radius 1 is 1.38 bits per heavy atom. The van der Waals surface area contributed by atoms with Crippen molar-refractivity contribution in [3.63, 3.8) is 0 Å². The molecule has 0 spiro atoms. The minimum absolute atomic E-state index is 0.0159. The Labute approximate surface area is 142 Å². The largest absolute Gasteiger partial charge is 0.482 e. The Morgan fingerprint density at radius 3 is 2.92 bits per heavy atom. The molecule has 3 rings (SSSR count). The second-order valence-corrected chi connectivity index (χ2v) is 6.72. The Morgan fingerprint density at radius 2 is 2.17 bits per heavy atom. The summed E-state index contributed by atoms with van der Waals surface area (Å²) >= 11 is 0. The maximum atomic E-state index is 13.5. The summed E-state index contributed by atoms with van der Waals surface area (Å²) < 4.78 is 24.6. The Balaban J connectivity index is 1.54. The van der Waals surface area contributed by atoms with Gasteiger partial charge in [0.15, 0.2) is 6.61 Å². The third-order valence-corrected chi connectivity index (χ3v) is 4.41. The SMILES string of the molecule is CCCOC1CN(CC(C)CN2C(=O)COc3ccc(F)cc32)C1. The zero-order valence-electron chi connectivity index (χ0n) is 14.3. The normalized spacial score (nSPS) is 19.6. The van der Waals surface area contributed by atoms with Crippen LogP contribution in [0.4, 0.5) is 10.1 Å². The topological polar surface area (TPSA) is 42.0 Å². The van der Waals surface area contributed by atoms with Crippen molar-refractivity contribution >= 4 is 11.6 Å². The number of carbonyl (C=O) groups excluding carboxylic acids is 1. The zero-order chi connectivity index (χ0) is 17.1. The Kier molecular flexibility index (Phi) is 5.36. The van der Waals surface area contributed by atoms with E-state index in [4.69, 9.17) is 9.47 Å². The van der Waals surface area contributed by atoms with Gasteiger partial charge in [0.1, 0.15) is 11.6 Å². The fourth-order valence-electron chi connectivity index (χ4n) is 3.25. The molecule has 5 nitrogen and oxygen atoms in total. The summed E-state index contributed by atoms with van der Waals surface area (Å²) in [4.78, 5) is 16.2. The molecule has 0 aromatic heterocycles. The first-order chi connectivity index (χ1) is 11.6. The zero-order valence-corrected chi connectivity index (χ0v) is 14.3. The predicted octanol–water partition coefficient (Wildman–Crippen LogP) is 2.30. The van der Waals surface area contributed by atoms with Crippen molar-refractivity contribution in [3.05, 3.63) is 24.0 Å². The average Bonchev–Trinajstić information content (AvgIpc) is 2.52. The lowest BCUT2D eigenvalue weighted by molar-refractivity contribution is -0.121. The summed E-state index contributed by atoms with van der Waals surface area (Å²) in [5, 5.41) is 0. The molecule has 0 radical (unpaired) electrons. The van der Waals surface area contributed by atoms with Crippen molar-refractivity contribution in [2.45, 2.75) is 26.4 Å². The van der Waals surface area contributed by atoms with Gasteiger partial charge in [-0.15, -0.1) is 0 Å². The summed E-state index contributed by atoms with van der Waals surface area (Å²) in [6.45, 7) is 8.43. The number of carbonyl (C=O) groups is 1. The smallest absolute Gasteiger partial charge is 0.265 e. The summed E-state index contributed by atoms with van der Waals surface area (Å²) in [6.07, 6.45) is 1.39. The molecule has 1 fully saturated rings. The lowest BCUT2D eigenvalue weighted by Crippen LogP contribution is -2.54. The number of rotatable bonds is 7. The second kappa shape index (κ2) is 7.49. The molecular formula is C18H25FN2O3. The van der Waals surface area contributed by atoms with Gasteiger partial charge in [0.25, 0.3) is 5.91 Å². The van der Waals surface area contributed by atoms with Crippen LogP contribution in [0.3, 0.4) is 0 Å². The number of halogens is 1. The molecule has 2 heterocycles. The molecule has 1 aromatic rings. The first kappa shape index (κ1) is 17.2. The van der Waals surface area contributed by atoms with E-state index in [0.29, 0.717) is 24.1 Å². The molecule has 1 unspecified atom stereocenters. The van der Waals surface area contributed by atoms with E-state index < -0.39 is 0 Å². The van der Waals surface area contributed by atoms with Crippen LogP contribution in [-0.2, 0) is 9.53 Å². The van der Waals surface area contributed by atoms with Crippen molar-refractivity contribution < 1.29 is 18.7 Å². The molecule has 6 heteroatoms. The van der Waals surface area contributed by atoms with E-state index in [-0.39, 0.29) is 24.2 Å². The number of anilines is 1. The molecule has 1 aromatic carbocycles. The van der Waals surface area contributed by atoms with Gasteiger partial charge in [-0.1, -0.05) is 13.8 Å². The molecular weight excluding hydrogens is 311 g/mol.